The van der Waals surface area contributed by atoms with Gasteiger partial charge < -0.3 is 9.30 Å². The van der Waals surface area contributed by atoms with Crippen LogP contribution in [0.3, 0.4) is 0 Å². The van der Waals surface area contributed by atoms with Crippen LogP contribution in [0.1, 0.15) is 29.8 Å². The molecule has 1 unspecified atom stereocenters. The second-order valence-corrected chi connectivity index (χ2v) is 9.07. The molecule has 2 aromatic carbocycles. The Balaban J connectivity index is 1.54. The van der Waals surface area contributed by atoms with Crippen LogP contribution in [0.4, 0.5) is 35.1 Å². The summed E-state index contributed by atoms with van der Waals surface area (Å²) in [6, 6.07) is 7.03. The van der Waals surface area contributed by atoms with E-state index in [1.165, 1.54) is 41.2 Å². The van der Waals surface area contributed by atoms with Gasteiger partial charge in [0.05, 0.1) is 40.4 Å². The van der Waals surface area contributed by atoms with Crippen LogP contribution in [0, 0.1) is 11.6 Å². The largest absolute Gasteiger partial charge is 0.464 e. The fourth-order valence-electron chi connectivity index (χ4n) is 4.31. The highest BCUT2D eigenvalue weighted by atomic mass is 19.4. The van der Waals surface area contributed by atoms with E-state index in [2.05, 4.69) is 20.2 Å². The number of carbonyl (C=O) groups is 1. The number of alkyl halides is 6. The van der Waals surface area contributed by atoms with Crippen molar-refractivity contribution in [1.82, 2.24) is 24.7 Å². The summed E-state index contributed by atoms with van der Waals surface area (Å²) in [6.45, 7) is 1.51. The van der Waals surface area contributed by atoms with E-state index < -0.39 is 58.4 Å². The Labute approximate surface area is 237 Å². The number of ether oxygens (including phenoxy) is 1. The van der Waals surface area contributed by atoms with Gasteiger partial charge in [-0.3, -0.25) is 0 Å². The molecule has 0 spiro atoms. The summed E-state index contributed by atoms with van der Waals surface area (Å²) >= 11 is 0. The lowest BCUT2D eigenvalue weighted by Gasteiger charge is -2.19. The first kappa shape index (κ1) is 29.5. The Morgan fingerprint density at radius 1 is 0.860 bits per heavy atom. The van der Waals surface area contributed by atoms with Gasteiger partial charge in [0.2, 0.25) is 0 Å². The quantitative estimate of drug-likeness (QED) is 0.153. The van der Waals surface area contributed by atoms with Crippen LogP contribution >= 0.6 is 0 Å². The van der Waals surface area contributed by atoms with E-state index in [4.69, 9.17) is 4.74 Å². The summed E-state index contributed by atoms with van der Waals surface area (Å²) in [4.78, 5) is 21.4. The molecule has 0 fully saturated rings. The lowest BCUT2D eigenvalue weighted by Crippen LogP contribution is -2.24. The number of halogens is 8. The maximum atomic E-state index is 14.3. The molecular weight excluding hydrogens is 590 g/mol. The van der Waals surface area contributed by atoms with Gasteiger partial charge in [-0.25, -0.2) is 23.5 Å². The number of benzene rings is 2. The van der Waals surface area contributed by atoms with Gasteiger partial charge in [0.15, 0.2) is 23.5 Å². The summed E-state index contributed by atoms with van der Waals surface area (Å²) < 4.78 is 115. The first-order valence-corrected chi connectivity index (χ1v) is 12.4. The van der Waals surface area contributed by atoms with E-state index in [1.807, 2.05) is 0 Å². The number of rotatable bonds is 6. The standard InChI is InChI=1S/C28H17F8N5O2/c1-2-43-26(42)24(41-11-10-20-22(13-41)38-25(37-20)16-4-3-5-18(29)23(16)30)21-9-8-19(39-40-21)15-7-6-14(27(31,32)33)12-17(15)28(34,35)36/h3-13,24H,2H2,1H3. The van der Waals surface area contributed by atoms with Crippen molar-refractivity contribution in [2.45, 2.75) is 25.3 Å². The van der Waals surface area contributed by atoms with E-state index in [1.54, 1.807) is 6.92 Å². The van der Waals surface area contributed by atoms with Crippen LogP contribution in [0.25, 0.3) is 34.0 Å². The maximum Gasteiger partial charge on any atom is 0.417 e. The second-order valence-electron chi connectivity index (χ2n) is 9.07. The number of hydrogen-bond donors (Lipinski definition) is 0. The maximum absolute atomic E-state index is 14.3. The Morgan fingerprint density at radius 2 is 1.60 bits per heavy atom. The third-order valence-electron chi connectivity index (χ3n) is 6.29. The summed E-state index contributed by atoms with van der Waals surface area (Å²) in [5.74, 6) is -3.18. The molecule has 0 aliphatic carbocycles. The molecule has 2 aliphatic rings. The third kappa shape index (κ3) is 5.87. The Bertz CT molecular complexity index is 1770. The van der Waals surface area contributed by atoms with Gasteiger partial charge in [-0.2, -0.15) is 36.5 Å². The first-order valence-electron chi connectivity index (χ1n) is 12.4. The van der Waals surface area contributed by atoms with E-state index >= 15 is 0 Å². The molecule has 15 heteroatoms. The summed E-state index contributed by atoms with van der Waals surface area (Å²) in [7, 11) is 0. The van der Waals surface area contributed by atoms with Gasteiger partial charge in [0, 0.05) is 18.0 Å². The molecule has 7 nitrogen and oxygen atoms in total. The van der Waals surface area contributed by atoms with Crippen LogP contribution in [0.2, 0.25) is 0 Å². The molecule has 0 N–H and O–H groups in total. The van der Waals surface area contributed by atoms with Gasteiger partial charge >= 0.3 is 18.3 Å². The minimum Gasteiger partial charge on any atom is -0.464 e. The van der Waals surface area contributed by atoms with Crippen LogP contribution in [-0.4, -0.2) is 37.3 Å². The minimum atomic E-state index is -5.14. The Hall–Kier alpha value is -4.95. The highest BCUT2D eigenvalue weighted by molar-refractivity contribution is 5.78. The molecule has 0 saturated heterocycles. The number of pyridine rings is 1. The molecule has 0 radical (unpaired) electrons. The number of fused-ring (bicyclic) bond motifs is 1. The molecule has 1 atom stereocenters. The lowest BCUT2D eigenvalue weighted by molar-refractivity contribution is -0.146. The van der Waals surface area contributed by atoms with Crippen molar-refractivity contribution in [2.75, 3.05) is 6.61 Å². The molecule has 2 aliphatic heterocycles. The fraction of sp³-hybridized carbons (Fsp3) is 0.179. The van der Waals surface area contributed by atoms with Crippen LogP contribution < -0.4 is 0 Å². The third-order valence-corrected chi connectivity index (χ3v) is 6.29. The summed E-state index contributed by atoms with van der Waals surface area (Å²) in [5, 5.41) is 7.67. The number of nitrogens with zero attached hydrogens (tertiary/aromatic N) is 5. The van der Waals surface area contributed by atoms with Gasteiger partial charge in [0.25, 0.3) is 0 Å². The molecule has 0 bridgehead atoms. The van der Waals surface area contributed by atoms with E-state index in [0.29, 0.717) is 12.1 Å². The summed E-state index contributed by atoms with van der Waals surface area (Å²) in [5.41, 5.74) is -3.90. The minimum absolute atomic E-state index is 0.0116. The molecule has 43 heavy (non-hydrogen) atoms. The highest BCUT2D eigenvalue weighted by Gasteiger charge is 2.39. The van der Waals surface area contributed by atoms with Crippen LogP contribution in [0.5, 0.6) is 0 Å². The van der Waals surface area contributed by atoms with Crippen molar-refractivity contribution < 1.29 is 44.7 Å². The van der Waals surface area contributed by atoms with E-state index in [0.717, 1.165) is 12.1 Å². The van der Waals surface area contributed by atoms with Crippen molar-refractivity contribution >= 4 is 5.97 Å². The molecule has 3 aromatic rings. The highest BCUT2D eigenvalue weighted by Crippen LogP contribution is 2.40. The predicted molar refractivity (Wildman–Crippen MR) is 134 cm³/mol. The molecular formula is C28H17F8N5O2. The van der Waals surface area contributed by atoms with Gasteiger partial charge in [0.1, 0.15) is 5.69 Å². The van der Waals surface area contributed by atoms with Gasteiger partial charge in [-0.1, -0.05) is 12.1 Å². The average Bonchev–Trinajstić information content (AvgIpc) is 3.37. The van der Waals surface area contributed by atoms with E-state index in [-0.39, 0.29) is 41.1 Å². The molecule has 0 saturated carbocycles. The zero-order chi connectivity index (χ0) is 31.1. The molecule has 222 valence electrons. The topological polar surface area (TPSA) is 82.8 Å². The zero-order valence-electron chi connectivity index (χ0n) is 21.7. The van der Waals surface area contributed by atoms with Gasteiger partial charge in [-0.05, 0) is 49.4 Å². The summed E-state index contributed by atoms with van der Waals surface area (Å²) in [6.07, 6.45) is -7.38. The van der Waals surface area contributed by atoms with Gasteiger partial charge in [-0.15, -0.1) is 0 Å². The molecule has 1 aromatic heterocycles. The average molecular weight is 607 g/mol. The van der Waals surface area contributed by atoms with Crippen LogP contribution in [0.15, 0.2) is 67.0 Å². The first-order chi connectivity index (χ1) is 20.3. The number of imidazole rings is 1. The number of hydrogen-bond acceptors (Lipinski definition) is 6. The van der Waals surface area contributed by atoms with E-state index in [9.17, 15) is 39.9 Å². The second kappa shape index (κ2) is 11.0. The molecule has 5 rings (SSSR count). The smallest absolute Gasteiger partial charge is 0.417 e. The SMILES string of the molecule is CCOC(=O)C(c1ccc(-c2ccc(C(F)(F)F)cc2C(F)(F)F)nn1)n1ccc2nc(-c3cccc(F)c3F)nc-2c1. The van der Waals surface area contributed by atoms with Crippen molar-refractivity contribution in [3.63, 3.8) is 0 Å². The molecule has 3 heterocycles. The fourth-order valence-corrected chi connectivity index (χ4v) is 4.31. The zero-order valence-corrected chi connectivity index (χ0v) is 21.7. The lowest BCUT2D eigenvalue weighted by atomic mass is 10.00. The normalized spacial score (nSPS) is 12.9. The van der Waals surface area contributed by atoms with Crippen molar-refractivity contribution in [1.29, 1.82) is 0 Å². The van der Waals surface area contributed by atoms with Crippen molar-refractivity contribution in [3.8, 4) is 34.0 Å². The van der Waals surface area contributed by atoms with Crippen LogP contribution in [-0.2, 0) is 21.9 Å². The molecule has 0 amide bonds. The predicted octanol–water partition coefficient (Wildman–Crippen LogP) is 6.98. The monoisotopic (exact) mass is 607 g/mol. The van der Waals surface area contributed by atoms with Crippen molar-refractivity contribution in [2.24, 2.45) is 0 Å². The Kier molecular flexibility index (Phi) is 7.58. The number of aromatic nitrogens is 5. The Morgan fingerprint density at radius 3 is 2.26 bits per heavy atom. The number of esters is 1. The number of carbonyl (C=O) groups excluding carboxylic acids is 1. The van der Waals surface area contributed by atoms with Crippen molar-refractivity contribution in [3.05, 3.63) is 95.4 Å².